The molecule has 0 amide bonds. The highest BCUT2D eigenvalue weighted by atomic mass is 16.4. The lowest BCUT2D eigenvalue weighted by Crippen LogP contribution is -2.10. The lowest BCUT2D eigenvalue weighted by atomic mass is 10.1. The van der Waals surface area contributed by atoms with E-state index in [9.17, 15) is 9.59 Å². The molecule has 2 rings (SSSR count). The van der Waals surface area contributed by atoms with Crippen molar-refractivity contribution in [3.63, 3.8) is 0 Å². The summed E-state index contributed by atoms with van der Waals surface area (Å²) in [5.41, 5.74) is 2.01. The van der Waals surface area contributed by atoms with Crippen molar-refractivity contribution in [2.75, 3.05) is 0 Å². The van der Waals surface area contributed by atoms with E-state index in [1.165, 1.54) is 0 Å². The number of carboxylic acid groups (broad SMARTS) is 1. The van der Waals surface area contributed by atoms with Crippen molar-refractivity contribution in [2.45, 2.75) is 26.8 Å². The van der Waals surface area contributed by atoms with Gasteiger partial charge in [0, 0.05) is 12.0 Å². The van der Waals surface area contributed by atoms with Crippen LogP contribution in [0.4, 0.5) is 0 Å². The van der Waals surface area contributed by atoms with Gasteiger partial charge in [0.25, 0.3) is 0 Å². The van der Waals surface area contributed by atoms with E-state index in [1.807, 2.05) is 0 Å². The van der Waals surface area contributed by atoms with Crippen LogP contribution in [-0.4, -0.2) is 26.4 Å². The number of hydrogen-bond acceptors (Lipinski definition) is 3. The van der Waals surface area contributed by atoms with Crippen molar-refractivity contribution in [1.82, 2.24) is 9.55 Å². The highest BCUT2D eigenvalue weighted by molar-refractivity contribution is 5.98. The summed E-state index contributed by atoms with van der Waals surface area (Å²) in [7, 11) is 0. The SMILES string of the molecule is CCC(=O)c1ccc2c(c1)nc(C)n2CC(=O)O. The Morgan fingerprint density at radius 3 is 2.72 bits per heavy atom. The molecule has 0 bridgehead atoms. The van der Waals surface area contributed by atoms with Crippen LogP contribution < -0.4 is 0 Å². The molecule has 1 N–H and O–H groups in total. The Labute approximate surface area is 104 Å². The van der Waals surface area contributed by atoms with Crippen LogP contribution in [0.2, 0.25) is 0 Å². The van der Waals surface area contributed by atoms with Crippen LogP contribution in [0, 0.1) is 6.92 Å². The Morgan fingerprint density at radius 1 is 1.39 bits per heavy atom. The normalized spacial score (nSPS) is 10.8. The molecular formula is C13H14N2O3. The molecule has 1 heterocycles. The van der Waals surface area contributed by atoms with Crippen LogP contribution in [0.5, 0.6) is 0 Å². The molecule has 0 unspecified atom stereocenters. The summed E-state index contributed by atoms with van der Waals surface area (Å²) in [6.45, 7) is 3.44. The van der Waals surface area contributed by atoms with E-state index in [0.717, 1.165) is 5.52 Å². The zero-order chi connectivity index (χ0) is 13.3. The maximum atomic E-state index is 11.6. The third-order valence-electron chi connectivity index (χ3n) is 2.88. The minimum atomic E-state index is -0.911. The summed E-state index contributed by atoms with van der Waals surface area (Å²) in [6.07, 6.45) is 0.445. The van der Waals surface area contributed by atoms with Crippen LogP contribution in [0.25, 0.3) is 11.0 Å². The van der Waals surface area contributed by atoms with Gasteiger partial charge in [-0.05, 0) is 25.1 Å². The zero-order valence-corrected chi connectivity index (χ0v) is 10.3. The summed E-state index contributed by atoms with van der Waals surface area (Å²) >= 11 is 0. The minimum absolute atomic E-state index is 0.0577. The van der Waals surface area contributed by atoms with E-state index in [2.05, 4.69) is 4.98 Å². The molecule has 0 saturated carbocycles. The van der Waals surface area contributed by atoms with Crippen molar-refractivity contribution in [3.8, 4) is 0 Å². The molecule has 1 aromatic heterocycles. The number of benzene rings is 1. The van der Waals surface area contributed by atoms with Crippen molar-refractivity contribution >= 4 is 22.8 Å². The number of nitrogens with zero attached hydrogens (tertiary/aromatic N) is 2. The molecule has 0 aliphatic heterocycles. The molecule has 5 heteroatoms. The van der Waals surface area contributed by atoms with Crippen molar-refractivity contribution < 1.29 is 14.7 Å². The van der Waals surface area contributed by atoms with Gasteiger partial charge in [-0.15, -0.1) is 0 Å². The van der Waals surface area contributed by atoms with Gasteiger partial charge in [-0.25, -0.2) is 4.98 Å². The number of ketones is 1. The second kappa shape index (κ2) is 4.60. The Hall–Kier alpha value is -2.17. The first-order valence-electron chi connectivity index (χ1n) is 5.74. The summed E-state index contributed by atoms with van der Waals surface area (Å²) in [6, 6.07) is 5.18. The van der Waals surface area contributed by atoms with Crippen LogP contribution in [0.15, 0.2) is 18.2 Å². The number of fused-ring (bicyclic) bond motifs is 1. The van der Waals surface area contributed by atoms with Gasteiger partial charge in [0.2, 0.25) is 0 Å². The van der Waals surface area contributed by atoms with E-state index >= 15 is 0 Å². The van der Waals surface area contributed by atoms with Crippen LogP contribution in [0.3, 0.4) is 0 Å². The molecule has 0 spiro atoms. The zero-order valence-electron chi connectivity index (χ0n) is 10.3. The molecule has 0 fully saturated rings. The van der Waals surface area contributed by atoms with Crippen molar-refractivity contribution in [3.05, 3.63) is 29.6 Å². The maximum Gasteiger partial charge on any atom is 0.323 e. The monoisotopic (exact) mass is 246 g/mol. The Balaban J connectivity index is 2.54. The van der Waals surface area contributed by atoms with Gasteiger partial charge in [-0.2, -0.15) is 0 Å². The topological polar surface area (TPSA) is 72.2 Å². The lowest BCUT2D eigenvalue weighted by molar-refractivity contribution is -0.137. The number of aromatic nitrogens is 2. The molecule has 5 nitrogen and oxygen atoms in total. The average Bonchev–Trinajstić information content (AvgIpc) is 2.63. The largest absolute Gasteiger partial charge is 0.480 e. The van der Waals surface area contributed by atoms with Gasteiger partial charge >= 0.3 is 5.97 Å². The van der Waals surface area contributed by atoms with E-state index in [-0.39, 0.29) is 12.3 Å². The standard InChI is InChI=1S/C13H14N2O3/c1-3-12(16)9-4-5-11-10(6-9)14-8(2)15(11)7-13(17)18/h4-6H,3,7H2,1-2H3,(H,17,18). The molecule has 0 atom stereocenters. The number of hydrogen-bond donors (Lipinski definition) is 1. The number of carbonyl (C=O) groups excluding carboxylic acids is 1. The predicted octanol–water partition coefficient (Wildman–Crippen LogP) is 2.02. The number of Topliss-reactive ketones (excluding diaryl/α,β-unsaturated/α-hetero) is 1. The maximum absolute atomic E-state index is 11.6. The second-order valence-corrected chi connectivity index (χ2v) is 4.12. The number of carboxylic acids is 1. The summed E-state index contributed by atoms with van der Waals surface area (Å²) in [4.78, 5) is 26.7. The molecule has 0 aliphatic carbocycles. The first-order valence-corrected chi connectivity index (χ1v) is 5.74. The first-order chi connectivity index (χ1) is 8.52. The van der Waals surface area contributed by atoms with Gasteiger partial charge in [-0.1, -0.05) is 6.92 Å². The van der Waals surface area contributed by atoms with Crippen LogP contribution in [-0.2, 0) is 11.3 Å². The van der Waals surface area contributed by atoms with Gasteiger partial charge in [-0.3, -0.25) is 9.59 Å². The van der Waals surface area contributed by atoms with E-state index in [0.29, 0.717) is 23.3 Å². The van der Waals surface area contributed by atoms with Gasteiger partial charge < -0.3 is 9.67 Å². The summed E-state index contributed by atoms with van der Waals surface area (Å²) in [5.74, 6) is -0.220. The smallest absolute Gasteiger partial charge is 0.323 e. The van der Waals surface area contributed by atoms with Gasteiger partial charge in [0.05, 0.1) is 11.0 Å². The molecular weight excluding hydrogens is 232 g/mol. The Bertz CT molecular complexity index is 628. The summed E-state index contributed by atoms with van der Waals surface area (Å²) in [5, 5.41) is 8.85. The molecule has 18 heavy (non-hydrogen) atoms. The molecule has 1 aromatic carbocycles. The summed E-state index contributed by atoms with van der Waals surface area (Å²) < 4.78 is 1.62. The quantitative estimate of drug-likeness (QED) is 0.838. The Kier molecular flexibility index (Phi) is 3.14. The predicted molar refractivity (Wildman–Crippen MR) is 66.7 cm³/mol. The molecule has 2 aromatic rings. The fourth-order valence-electron chi connectivity index (χ4n) is 1.96. The fourth-order valence-corrected chi connectivity index (χ4v) is 1.96. The van der Waals surface area contributed by atoms with Gasteiger partial charge in [0.1, 0.15) is 12.4 Å². The minimum Gasteiger partial charge on any atom is -0.480 e. The Morgan fingerprint density at radius 2 is 2.11 bits per heavy atom. The van der Waals surface area contributed by atoms with Crippen LogP contribution >= 0.6 is 0 Å². The first kappa shape index (κ1) is 12.3. The van der Waals surface area contributed by atoms with E-state index in [4.69, 9.17) is 5.11 Å². The van der Waals surface area contributed by atoms with Crippen molar-refractivity contribution in [2.24, 2.45) is 0 Å². The molecule has 0 saturated heterocycles. The second-order valence-electron chi connectivity index (χ2n) is 4.12. The number of aryl methyl sites for hydroxylation is 1. The third-order valence-corrected chi connectivity index (χ3v) is 2.88. The van der Waals surface area contributed by atoms with Crippen LogP contribution in [0.1, 0.15) is 29.5 Å². The molecule has 0 aliphatic rings. The number of carbonyl (C=O) groups is 2. The number of rotatable bonds is 4. The highest BCUT2D eigenvalue weighted by Crippen LogP contribution is 2.18. The van der Waals surface area contributed by atoms with Crippen molar-refractivity contribution in [1.29, 1.82) is 0 Å². The molecule has 0 radical (unpaired) electrons. The molecule has 94 valence electrons. The van der Waals surface area contributed by atoms with E-state index in [1.54, 1.807) is 36.6 Å². The van der Waals surface area contributed by atoms with E-state index < -0.39 is 5.97 Å². The fraction of sp³-hybridized carbons (Fsp3) is 0.308. The third kappa shape index (κ3) is 2.11. The lowest BCUT2D eigenvalue weighted by Gasteiger charge is -2.03. The highest BCUT2D eigenvalue weighted by Gasteiger charge is 2.12. The number of aliphatic carboxylic acids is 1. The number of imidazole rings is 1. The van der Waals surface area contributed by atoms with Gasteiger partial charge in [0.15, 0.2) is 5.78 Å². The average molecular weight is 246 g/mol.